The number of rotatable bonds is 6. The third-order valence-corrected chi connectivity index (χ3v) is 7.44. The SMILES string of the molecule is Cc1ccc(-n2cnnn2)c(-c2cc3n(c(=O)c2)[C@H](c2ncc(-c4ccc(OC(=O)NC5COC5)cc4)[nH]2)CC3)c1. The molecule has 0 unspecified atom stereocenters. The number of tetrazole rings is 1. The summed E-state index contributed by atoms with van der Waals surface area (Å²) in [6, 6.07) is 16.7. The molecule has 0 saturated carbocycles. The predicted molar refractivity (Wildman–Crippen MR) is 148 cm³/mol. The highest BCUT2D eigenvalue weighted by Gasteiger charge is 2.28. The molecule has 0 bridgehead atoms. The highest BCUT2D eigenvalue weighted by Crippen LogP contribution is 2.34. The zero-order chi connectivity index (χ0) is 27.9. The van der Waals surface area contributed by atoms with Crippen molar-refractivity contribution < 1.29 is 14.3 Å². The van der Waals surface area contributed by atoms with Gasteiger partial charge in [0.2, 0.25) is 0 Å². The van der Waals surface area contributed by atoms with Crippen LogP contribution < -0.4 is 15.6 Å². The highest BCUT2D eigenvalue weighted by atomic mass is 16.6. The van der Waals surface area contributed by atoms with E-state index >= 15 is 0 Å². The lowest BCUT2D eigenvalue weighted by Gasteiger charge is -2.26. The molecular formula is C29H26N8O4. The lowest BCUT2D eigenvalue weighted by molar-refractivity contribution is -0.00249. The molecule has 1 atom stereocenters. The number of nitrogens with one attached hydrogen (secondary N) is 2. The number of aromatic nitrogens is 7. The van der Waals surface area contributed by atoms with E-state index in [9.17, 15) is 9.59 Å². The summed E-state index contributed by atoms with van der Waals surface area (Å²) in [5.41, 5.74) is 6.16. The van der Waals surface area contributed by atoms with Crippen LogP contribution in [0.2, 0.25) is 0 Å². The van der Waals surface area contributed by atoms with Crippen LogP contribution in [0.15, 0.2) is 71.9 Å². The van der Waals surface area contributed by atoms with Gasteiger partial charge < -0.3 is 24.3 Å². The molecule has 2 N–H and O–H groups in total. The van der Waals surface area contributed by atoms with E-state index < -0.39 is 6.09 Å². The lowest BCUT2D eigenvalue weighted by Crippen LogP contribution is -2.49. The summed E-state index contributed by atoms with van der Waals surface area (Å²) in [6.07, 6.45) is 4.31. The van der Waals surface area contributed by atoms with Crippen LogP contribution in [0.1, 0.15) is 29.5 Å². The zero-order valence-electron chi connectivity index (χ0n) is 22.2. The monoisotopic (exact) mass is 550 g/mol. The van der Waals surface area contributed by atoms with E-state index in [4.69, 9.17) is 9.47 Å². The number of aryl methyl sites for hydroxylation is 2. The second-order valence-corrected chi connectivity index (χ2v) is 10.2. The Balaban J connectivity index is 1.12. The molecule has 2 aliphatic heterocycles. The molecule has 0 radical (unpaired) electrons. The summed E-state index contributed by atoms with van der Waals surface area (Å²) in [5, 5.41) is 14.3. The van der Waals surface area contributed by atoms with Gasteiger partial charge in [-0.05, 0) is 83.8 Å². The number of aromatic amines is 1. The second kappa shape index (κ2) is 10.1. The molecule has 2 aromatic carbocycles. The van der Waals surface area contributed by atoms with Crippen LogP contribution in [0, 0.1) is 6.92 Å². The lowest BCUT2D eigenvalue weighted by atomic mass is 10.0. The van der Waals surface area contributed by atoms with Gasteiger partial charge in [-0.3, -0.25) is 4.79 Å². The molecule has 1 saturated heterocycles. The second-order valence-electron chi connectivity index (χ2n) is 10.2. The number of carbonyl (C=O) groups excluding carboxylic acids is 1. The summed E-state index contributed by atoms with van der Waals surface area (Å²) in [4.78, 5) is 33.5. The molecule has 0 aliphatic carbocycles. The number of ether oxygens (including phenoxy) is 2. The van der Waals surface area contributed by atoms with E-state index in [1.807, 2.05) is 41.8 Å². The van der Waals surface area contributed by atoms with Crippen LogP contribution in [0.25, 0.3) is 28.1 Å². The van der Waals surface area contributed by atoms with Gasteiger partial charge >= 0.3 is 6.09 Å². The van der Waals surface area contributed by atoms with E-state index in [1.165, 1.54) is 0 Å². The maximum Gasteiger partial charge on any atom is 0.412 e. The number of hydrogen-bond acceptors (Lipinski definition) is 8. The van der Waals surface area contributed by atoms with Crippen molar-refractivity contribution in [3.8, 4) is 33.8 Å². The average molecular weight is 551 g/mol. The quantitative estimate of drug-likeness (QED) is 0.328. The molecule has 1 amide bonds. The first kappa shape index (κ1) is 24.9. The first-order valence-electron chi connectivity index (χ1n) is 13.3. The molecule has 7 rings (SSSR count). The van der Waals surface area contributed by atoms with Crippen molar-refractivity contribution in [1.29, 1.82) is 0 Å². The van der Waals surface area contributed by atoms with Crippen molar-refractivity contribution in [3.05, 3.63) is 94.6 Å². The van der Waals surface area contributed by atoms with E-state index in [2.05, 4.69) is 36.9 Å². The fourth-order valence-corrected chi connectivity index (χ4v) is 5.34. The van der Waals surface area contributed by atoms with Crippen molar-refractivity contribution in [2.45, 2.75) is 31.8 Å². The van der Waals surface area contributed by atoms with Crippen molar-refractivity contribution in [3.63, 3.8) is 0 Å². The molecule has 2 aliphatic rings. The Labute approximate surface area is 234 Å². The van der Waals surface area contributed by atoms with Gasteiger partial charge in [-0.1, -0.05) is 11.6 Å². The van der Waals surface area contributed by atoms with Crippen LogP contribution in [0.4, 0.5) is 4.79 Å². The smallest absolute Gasteiger partial charge is 0.410 e. The summed E-state index contributed by atoms with van der Waals surface area (Å²) in [7, 11) is 0. The maximum absolute atomic E-state index is 13.5. The minimum absolute atomic E-state index is 0.00203. The van der Waals surface area contributed by atoms with E-state index in [1.54, 1.807) is 35.4 Å². The summed E-state index contributed by atoms with van der Waals surface area (Å²) >= 11 is 0. The van der Waals surface area contributed by atoms with Gasteiger partial charge in [0.15, 0.2) is 0 Å². The molecule has 12 nitrogen and oxygen atoms in total. The Morgan fingerprint density at radius 1 is 1.10 bits per heavy atom. The topological polar surface area (TPSA) is 142 Å². The zero-order valence-corrected chi connectivity index (χ0v) is 22.2. The number of imidazole rings is 1. The molecule has 5 heterocycles. The molecule has 5 aromatic rings. The number of hydrogen-bond donors (Lipinski definition) is 2. The number of H-pyrrole nitrogens is 1. The maximum atomic E-state index is 13.5. The third-order valence-electron chi connectivity index (χ3n) is 7.44. The molecule has 206 valence electrons. The van der Waals surface area contributed by atoms with Gasteiger partial charge in [-0.15, -0.1) is 5.10 Å². The van der Waals surface area contributed by atoms with Crippen molar-refractivity contribution >= 4 is 6.09 Å². The van der Waals surface area contributed by atoms with Gasteiger partial charge in [0, 0.05) is 17.3 Å². The van der Waals surface area contributed by atoms with Crippen LogP contribution in [-0.4, -0.2) is 60.1 Å². The van der Waals surface area contributed by atoms with Gasteiger partial charge in [0.25, 0.3) is 5.56 Å². The van der Waals surface area contributed by atoms with Gasteiger partial charge in [-0.25, -0.2) is 9.78 Å². The number of amides is 1. The van der Waals surface area contributed by atoms with Crippen LogP contribution in [0.5, 0.6) is 5.75 Å². The van der Waals surface area contributed by atoms with Crippen LogP contribution >= 0.6 is 0 Å². The summed E-state index contributed by atoms with van der Waals surface area (Å²) in [5.74, 6) is 1.16. The molecule has 41 heavy (non-hydrogen) atoms. The Morgan fingerprint density at radius 2 is 1.95 bits per heavy atom. The Kier molecular flexibility index (Phi) is 6.16. The number of fused-ring (bicyclic) bond motifs is 1. The molecular weight excluding hydrogens is 524 g/mol. The fraction of sp³-hybridized carbons (Fsp3) is 0.241. The molecule has 0 spiro atoms. The normalized spacial score (nSPS) is 16.3. The Morgan fingerprint density at radius 3 is 2.71 bits per heavy atom. The van der Waals surface area contributed by atoms with Crippen LogP contribution in [0.3, 0.4) is 0 Å². The standard InChI is InChI=1S/C29H26N8O4/c1-17-2-8-25(36-16-31-34-35-36)23(10-17)19-11-21-5-9-26(37(21)27(38)12-19)28-30-13-24(33-28)18-3-6-22(7-4-18)41-29(39)32-20-14-40-15-20/h2-4,6-8,10-13,16,20,26H,5,9,14-15H2,1H3,(H,30,33)(H,32,39)/t26-/m0/s1. The average Bonchev–Trinajstić information content (AvgIpc) is 3.72. The van der Waals surface area contributed by atoms with E-state index in [-0.39, 0.29) is 17.6 Å². The van der Waals surface area contributed by atoms with Gasteiger partial charge in [0.1, 0.15) is 17.9 Å². The van der Waals surface area contributed by atoms with E-state index in [0.717, 1.165) is 58.0 Å². The largest absolute Gasteiger partial charge is 0.412 e. The first-order chi connectivity index (χ1) is 20.0. The number of benzene rings is 2. The predicted octanol–water partition coefficient (Wildman–Crippen LogP) is 3.21. The van der Waals surface area contributed by atoms with Crippen molar-refractivity contribution in [2.75, 3.05) is 13.2 Å². The van der Waals surface area contributed by atoms with Crippen molar-refractivity contribution in [1.82, 2.24) is 40.1 Å². The third kappa shape index (κ3) is 4.78. The summed E-state index contributed by atoms with van der Waals surface area (Å²) in [6.45, 7) is 3.02. The number of nitrogens with zero attached hydrogens (tertiary/aromatic N) is 6. The summed E-state index contributed by atoms with van der Waals surface area (Å²) < 4.78 is 13.8. The molecule has 3 aromatic heterocycles. The minimum atomic E-state index is -0.502. The highest BCUT2D eigenvalue weighted by molar-refractivity contribution is 5.74. The molecule has 1 fully saturated rings. The van der Waals surface area contributed by atoms with Crippen molar-refractivity contribution in [2.24, 2.45) is 0 Å². The van der Waals surface area contributed by atoms with E-state index in [0.29, 0.717) is 19.0 Å². The first-order valence-corrected chi connectivity index (χ1v) is 13.3. The number of pyridine rings is 1. The Bertz CT molecular complexity index is 1790. The van der Waals surface area contributed by atoms with Crippen LogP contribution in [-0.2, 0) is 11.2 Å². The Hall–Kier alpha value is -5.10. The molecule has 12 heteroatoms. The fourth-order valence-electron chi connectivity index (χ4n) is 5.34. The van der Waals surface area contributed by atoms with Gasteiger partial charge in [-0.2, -0.15) is 4.68 Å². The van der Waals surface area contributed by atoms with Gasteiger partial charge in [0.05, 0.1) is 42.9 Å². The minimum Gasteiger partial charge on any atom is -0.410 e. The number of carbonyl (C=O) groups is 1.